The third-order valence-electron chi connectivity index (χ3n) is 6.48. The monoisotopic (exact) mass is 468 g/mol. The van der Waals surface area contributed by atoms with Crippen LogP contribution >= 0.6 is 0 Å². The highest BCUT2D eigenvalue weighted by molar-refractivity contribution is 6.08. The number of rotatable bonds is 10. The van der Waals surface area contributed by atoms with Gasteiger partial charge in [0.05, 0.1) is 22.4 Å². The van der Waals surface area contributed by atoms with Gasteiger partial charge in [0, 0.05) is 25.8 Å². The Morgan fingerprint density at radius 3 is 2.77 bits per heavy atom. The van der Waals surface area contributed by atoms with Crippen LogP contribution in [-0.4, -0.2) is 37.6 Å². The summed E-state index contributed by atoms with van der Waals surface area (Å²) in [6, 6.07) is 14.6. The Kier molecular flexibility index (Phi) is 6.57. The van der Waals surface area contributed by atoms with E-state index in [9.17, 15) is 4.79 Å². The Morgan fingerprint density at radius 1 is 1.09 bits per heavy atom. The molecule has 180 valence electrons. The number of Topliss-reactive ketones (excluding diaryl/α,β-unsaturated/α-hetero) is 1. The molecule has 4 aromatic rings. The number of anilines is 1. The van der Waals surface area contributed by atoms with Crippen molar-refractivity contribution in [1.82, 2.24) is 19.6 Å². The van der Waals surface area contributed by atoms with Crippen molar-refractivity contribution in [2.45, 2.75) is 59.3 Å². The van der Waals surface area contributed by atoms with E-state index < -0.39 is 0 Å². The lowest BCUT2D eigenvalue weighted by molar-refractivity contribution is -0.119. The van der Waals surface area contributed by atoms with Crippen LogP contribution in [0.4, 0.5) is 11.5 Å². The van der Waals surface area contributed by atoms with Crippen LogP contribution in [0.2, 0.25) is 0 Å². The molecule has 0 aliphatic carbocycles. The maximum Gasteiger partial charge on any atom is 0.204 e. The first-order valence-corrected chi connectivity index (χ1v) is 12.6. The lowest BCUT2D eigenvalue weighted by atomic mass is 10.0. The van der Waals surface area contributed by atoms with E-state index in [0.717, 1.165) is 77.5 Å². The second kappa shape index (κ2) is 9.94. The normalized spacial score (nSPS) is 13.0. The van der Waals surface area contributed by atoms with E-state index in [-0.39, 0.29) is 0 Å². The zero-order valence-electron chi connectivity index (χ0n) is 20.7. The molecule has 0 radical (unpaired) electrons. The molecule has 0 fully saturated rings. The smallest absolute Gasteiger partial charge is 0.204 e. The molecule has 7 nitrogen and oxygen atoms in total. The number of ketones is 1. The van der Waals surface area contributed by atoms with Gasteiger partial charge in [-0.3, -0.25) is 14.2 Å². The summed E-state index contributed by atoms with van der Waals surface area (Å²) < 4.78 is 2.06. The van der Waals surface area contributed by atoms with E-state index >= 15 is 0 Å². The molecule has 0 saturated heterocycles. The molecule has 0 unspecified atom stereocenters. The first-order valence-electron chi connectivity index (χ1n) is 12.6. The lowest BCUT2D eigenvalue weighted by Gasteiger charge is -2.11. The van der Waals surface area contributed by atoms with Crippen LogP contribution in [0.1, 0.15) is 62.9 Å². The molecule has 3 heterocycles. The number of fused-ring (bicyclic) bond motifs is 4. The van der Waals surface area contributed by atoms with Gasteiger partial charge >= 0.3 is 0 Å². The highest BCUT2D eigenvalue weighted by Crippen LogP contribution is 2.30. The average molecular weight is 469 g/mol. The highest BCUT2D eigenvalue weighted by atomic mass is 16.1. The van der Waals surface area contributed by atoms with Crippen LogP contribution in [0.15, 0.2) is 47.5 Å². The van der Waals surface area contributed by atoms with E-state index in [1.165, 1.54) is 5.56 Å². The topological polar surface area (TPSA) is 84.5 Å². The number of nitrogens with zero attached hydrogens (tertiary/aromatic N) is 5. The van der Waals surface area contributed by atoms with Crippen LogP contribution in [0.5, 0.6) is 0 Å². The zero-order chi connectivity index (χ0) is 24.4. The van der Waals surface area contributed by atoms with E-state index in [1.807, 2.05) is 13.0 Å². The Bertz CT molecular complexity index is 1420. The minimum absolute atomic E-state index is 0.371. The number of aliphatic imine (C=N–C) groups is 1. The zero-order valence-corrected chi connectivity index (χ0v) is 20.7. The van der Waals surface area contributed by atoms with Gasteiger partial charge in [0.2, 0.25) is 5.65 Å². The molecule has 1 aliphatic heterocycles. The third-order valence-corrected chi connectivity index (χ3v) is 6.48. The van der Waals surface area contributed by atoms with Gasteiger partial charge in [-0.2, -0.15) is 0 Å². The summed E-state index contributed by atoms with van der Waals surface area (Å²) in [5.74, 6) is 2.38. The molecular formula is C28H32N6O. The number of aryl methyl sites for hydroxylation is 1. The molecule has 1 N–H and O–H groups in total. The summed E-state index contributed by atoms with van der Waals surface area (Å²) >= 11 is 0. The SMILES string of the molecule is Cc1nnc2c(NCCCCCC(=O)CC(C)C)nc3cc(C4=Nc5ccccc5C4)ccc3n12. The largest absolute Gasteiger partial charge is 0.367 e. The van der Waals surface area contributed by atoms with E-state index in [4.69, 9.17) is 9.98 Å². The van der Waals surface area contributed by atoms with Gasteiger partial charge in [0.15, 0.2) is 5.82 Å². The summed E-state index contributed by atoms with van der Waals surface area (Å²) in [5, 5.41) is 12.2. The molecule has 7 heteroatoms. The fourth-order valence-electron chi connectivity index (χ4n) is 4.76. The van der Waals surface area contributed by atoms with Crippen molar-refractivity contribution in [2.75, 3.05) is 11.9 Å². The van der Waals surface area contributed by atoms with Crippen molar-refractivity contribution in [3.05, 3.63) is 59.4 Å². The summed E-state index contributed by atoms with van der Waals surface area (Å²) in [5.41, 5.74) is 7.07. The van der Waals surface area contributed by atoms with Gasteiger partial charge in [-0.25, -0.2) is 4.98 Å². The highest BCUT2D eigenvalue weighted by Gasteiger charge is 2.18. The predicted octanol–water partition coefficient (Wildman–Crippen LogP) is 5.85. The van der Waals surface area contributed by atoms with Crippen molar-refractivity contribution in [3.8, 4) is 0 Å². The molecule has 0 atom stereocenters. The summed E-state index contributed by atoms with van der Waals surface area (Å²) in [4.78, 5) is 21.7. The Labute approximate surface area is 205 Å². The van der Waals surface area contributed by atoms with E-state index in [2.05, 4.69) is 70.2 Å². The van der Waals surface area contributed by atoms with Gasteiger partial charge in [0.1, 0.15) is 11.6 Å². The van der Waals surface area contributed by atoms with Gasteiger partial charge in [-0.15, -0.1) is 10.2 Å². The summed E-state index contributed by atoms with van der Waals surface area (Å²) in [7, 11) is 0. The number of carbonyl (C=O) groups excluding carboxylic acids is 1. The van der Waals surface area contributed by atoms with Gasteiger partial charge in [-0.1, -0.05) is 44.5 Å². The predicted molar refractivity (Wildman–Crippen MR) is 141 cm³/mol. The molecule has 2 aromatic carbocycles. The van der Waals surface area contributed by atoms with E-state index in [0.29, 0.717) is 24.5 Å². The Morgan fingerprint density at radius 2 is 1.94 bits per heavy atom. The maximum absolute atomic E-state index is 11.9. The maximum atomic E-state index is 11.9. The number of aromatic nitrogens is 4. The molecule has 1 aliphatic rings. The fraction of sp³-hybridized carbons (Fsp3) is 0.393. The summed E-state index contributed by atoms with van der Waals surface area (Å²) in [6.07, 6.45) is 5.12. The third kappa shape index (κ3) is 4.94. The number of nitrogens with one attached hydrogen (secondary N) is 1. The molecule has 0 amide bonds. The van der Waals surface area contributed by atoms with Gasteiger partial charge < -0.3 is 5.32 Å². The second-order valence-corrected chi connectivity index (χ2v) is 9.81. The number of benzene rings is 2. The Balaban J connectivity index is 1.32. The molecule has 0 saturated carbocycles. The van der Waals surface area contributed by atoms with Crippen LogP contribution < -0.4 is 5.32 Å². The van der Waals surface area contributed by atoms with Crippen LogP contribution in [0.3, 0.4) is 0 Å². The second-order valence-electron chi connectivity index (χ2n) is 9.81. The lowest BCUT2D eigenvalue weighted by Crippen LogP contribution is -2.08. The van der Waals surface area contributed by atoms with Gasteiger partial charge in [-0.05, 0) is 55.0 Å². The number of hydrogen-bond donors (Lipinski definition) is 1. The van der Waals surface area contributed by atoms with Crippen molar-refractivity contribution in [3.63, 3.8) is 0 Å². The Hall–Kier alpha value is -3.61. The van der Waals surface area contributed by atoms with Crippen molar-refractivity contribution < 1.29 is 4.79 Å². The molecule has 2 aromatic heterocycles. The summed E-state index contributed by atoms with van der Waals surface area (Å²) in [6.45, 7) is 6.92. The first kappa shape index (κ1) is 23.1. The minimum Gasteiger partial charge on any atom is -0.367 e. The number of unbranched alkanes of at least 4 members (excludes halogenated alkanes) is 2. The van der Waals surface area contributed by atoms with Crippen molar-refractivity contribution >= 4 is 39.7 Å². The first-order chi connectivity index (χ1) is 17.0. The van der Waals surface area contributed by atoms with Crippen LogP contribution in [0.25, 0.3) is 16.7 Å². The minimum atomic E-state index is 0.371. The fourth-order valence-corrected chi connectivity index (χ4v) is 4.76. The quantitative estimate of drug-likeness (QED) is 0.295. The molecule has 0 spiro atoms. The van der Waals surface area contributed by atoms with Crippen LogP contribution in [0, 0.1) is 12.8 Å². The van der Waals surface area contributed by atoms with Gasteiger partial charge in [0.25, 0.3) is 0 Å². The molecule has 35 heavy (non-hydrogen) atoms. The molecule has 0 bridgehead atoms. The van der Waals surface area contributed by atoms with E-state index in [1.54, 1.807) is 0 Å². The number of hydrogen-bond acceptors (Lipinski definition) is 6. The average Bonchev–Trinajstić information content (AvgIpc) is 3.44. The molecular weight excluding hydrogens is 436 g/mol. The standard InChI is InChI=1S/C28H32N6O/c1-18(2)15-22(35)10-5-4-8-14-29-27-28-33-32-19(3)34(28)26-13-12-21(17-25(26)31-27)24-16-20-9-6-7-11-23(20)30-24/h6-7,9,11-13,17-18H,4-5,8,10,14-16H2,1-3H3,(H,29,31). The van der Waals surface area contributed by atoms with Crippen LogP contribution in [-0.2, 0) is 11.2 Å². The molecule has 5 rings (SSSR count). The number of para-hydroxylation sites is 1. The van der Waals surface area contributed by atoms with Crippen molar-refractivity contribution in [2.24, 2.45) is 10.9 Å². The van der Waals surface area contributed by atoms with Crippen molar-refractivity contribution in [1.29, 1.82) is 0 Å². The number of carbonyl (C=O) groups is 1.